The molecule has 1 aliphatic carbocycles. The SMILES string of the molecule is COc1cnc(C(=O)Nc2c(C)cccc2C)cc1OC1CCCC1. The van der Waals surface area contributed by atoms with E-state index in [0.717, 1.165) is 29.7 Å². The van der Waals surface area contributed by atoms with Crippen LogP contribution in [0.2, 0.25) is 0 Å². The first kappa shape index (κ1) is 17.3. The fourth-order valence-corrected chi connectivity index (χ4v) is 3.17. The summed E-state index contributed by atoms with van der Waals surface area (Å²) >= 11 is 0. The molecular weight excluding hydrogens is 316 g/mol. The van der Waals surface area contributed by atoms with Crippen molar-refractivity contribution < 1.29 is 14.3 Å². The van der Waals surface area contributed by atoms with Gasteiger partial charge in [-0.3, -0.25) is 4.79 Å². The molecule has 0 bridgehead atoms. The van der Waals surface area contributed by atoms with Crippen LogP contribution < -0.4 is 14.8 Å². The first-order valence-corrected chi connectivity index (χ1v) is 8.66. The lowest BCUT2D eigenvalue weighted by Gasteiger charge is -2.16. The van der Waals surface area contributed by atoms with E-state index >= 15 is 0 Å². The van der Waals surface area contributed by atoms with Crippen molar-refractivity contribution in [3.8, 4) is 11.5 Å². The predicted molar refractivity (Wildman–Crippen MR) is 97.5 cm³/mol. The summed E-state index contributed by atoms with van der Waals surface area (Å²) in [6.07, 6.45) is 6.16. The van der Waals surface area contributed by atoms with Gasteiger partial charge >= 0.3 is 0 Å². The predicted octanol–water partition coefficient (Wildman–Crippen LogP) is 4.28. The molecule has 2 aromatic rings. The molecule has 1 N–H and O–H groups in total. The molecule has 0 radical (unpaired) electrons. The van der Waals surface area contributed by atoms with Crippen molar-refractivity contribution in [3.63, 3.8) is 0 Å². The number of anilines is 1. The van der Waals surface area contributed by atoms with Crippen molar-refractivity contribution in [3.05, 3.63) is 47.3 Å². The highest BCUT2D eigenvalue weighted by atomic mass is 16.5. The van der Waals surface area contributed by atoms with Gasteiger partial charge in [0.25, 0.3) is 5.91 Å². The summed E-state index contributed by atoms with van der Waals surface area (Å²) in [5, 5.41) is 2.96. The molecule has 1 amide bonds. The smallest absolute Gasteiger partial charge is 0.274 e. The molecule has 25 heavy (non-hydrogen) atoms. The Labute approximate surface area is 148 Å². The van der Waals surface area contributed by atoms with Crippen molar-refractivity contribution >= 4 is 11.6 Å². The molecule has 0 spiro atoms. The number of carbonyl (C=O) groups excluding carboxylic acids is 1. The number of hydrogen-bond donors (Lipinski definition) is 1. The molecule has 1 saturated carbocycles. The summed E-state index contributed by atoms with van der Waals surface area (Å²) in [5.41, 5.74) is 3.17. The second kappa shape index (κ2) is 7.55. The first-order valence-electron chi connectivity index (χ1n) is 8.66. The first-order chi connectivity index (χ1) is 12.1. The van der Waals surface area contributed by atoms with Crippen LogP contribution in [0.25, 0.3) is 0 Å². The summed E-state index contributed by atoms with van der Waals surface area (Å²) in [6, 6.07) is 7.58. The van der Waals surface area contributed by atoms with Crippen molar-refractivity contribution in [1.29, 1.82) is 0 Å². The van der Waals surface area contributed by atoms with Gasteiger partial charge in [0, 0.05) is 11.8 Å². The quantitative estimate of drug-likeness (QED) is 0.882. The van der Waals surface area contributed by atoms with Gasteiger partial charge in [0.2, 0.25) is 0 Å². The lowest BCUT2D eigenvalue weighted by molar-refractivity contribution is 0.102. The minimum atomic E-state index is -0.253. The molecule has 5 nitrogen and oxygen atoms in total. The summed E-state index contributed by atoms with van der Waals surface area (Å²) in [4.78, 5) is 16.9. The number of para-hydroxylation sites is 1. The normalized spacial score (nSPS) is 14.4. The molecule has 0 saturated heterocycles. The van der Waals surface area contributed by atoms with Gasteiger partial charge in [0.1, 0.15) is 5.69 Å². The van der Waals surface area contributed by atoms with Crippen molar-refractivity contribution in [2.45, 2.75) is 45.6 Å². The van der Waals surface area contributed by atoms with Crippen LogP contribution in [-0.4, -0.2) is 24.1 Å². The number of nitrogens with zero attached hydrogens (tertiary/aromatic N) is 1. The zero-order valence-electron chi connectivity index (χ0n) is 15.0. The minimum Gasteiger partial charge on any atom is -0.491 e. The van der Waals surface area contributed by atoms with Gasteiger partial charge in [-0.2, -0.15) is 0 Å². The number of benzene rings is 1. The molecule has 1 aromatic heterocycles. The van der Waals surface area contributed by atoms with Gasteiger partial charge in [0.05, 0.1) is 19.4 Å². The Kier molecular flexibility index (Phi) is 5.22. The third kappa shape index (κ3) is 3.92. The Morgan fingerprint density at radius 2 is 1.84 bits per heavy atom. The van der Waals surface area contributed by atoms with Crippen LogP contribution in [0.4, 0.5) is 5.69 Å². The number of carbonyl (C=O) groups is 1. The molecule has 0 aliphatic heterocycles. The molecule has 0 atom stereocenters. The van der Waals surface area contributed by atoms with Gasteiger partial charge in [-0.15, -0.1) is 0 Å². The van der Waals surface area contributed by atoms with Crippen LogP contribution in [-0.2, 0) is 0 Å². The second-order valence-electron chi connectivity index (χ2n) is 6.47. The van der Waals surface area contributed by atoms with Crippen molar-refractivity contribution in [1.82, 2.24) is 4.98 Å². The van der Waals surface area contributed by atoms with Gasteiger partial charge in [0.15, 0.2) is 11.5 Å². The van der Waals surface area contributed by atoms with E-state index in [2.05, 4.69) is 10.3 Å². The molecule has 132 valence electrons. The topological polar surface area (TPSA) is 60.5 Å². The van der Waals surface area contributed by atoms with Crippen molar-refractivity contribution in [2.24, 2.45) is 0 Å². The maximum atomic E-state index is 12.6. The Morgan fingerprint density at radius 1 is 1.16 bits per heavy atom. The fraction of sp³-hybridized carbons (Fsp3) is 0.400. The number of rotatable bonds is 5. The maximum absolute atomic E-state index is 12.6. The molecule has 1 fully saturated rings. The summed E-state index contributed by atoms with van der Waals surface area (Å²) in [7, 11) is 1.58. The van der Waals surface area contributed by atoms with E-state index in [1.807, 2.05) is 32.0 Å². The molecule has 3 rings (SSSR count). The number of aryl methyl sites for hydroxylation is 2. The van der Waals surface area contributed by atoms with Crippen molar-refractivity contribution in [2.75, 3.05) is 12.4 Å². The number of methoxy groups -OCH3 is 1. The summed E-state index contributed by atoms with van der Waals surface area (Å²) in [6.45, 7) is 3.94. The zero-order valence-corrected chi connectivity index (χ0v) is 15.0. The lowest BCUT2D eigenvalue weighted by Crippen LogP contribution is -2.17. The highest BCUT2D eigenvalue weighted by molar-refractivity contribution is 6.04. The number of hydrogen-bond acceptors (Lipinski definition) is 4. The molecule has 0 unspecified atom stereocenters. The Bertz CT molecular complexity index is 747. The molecule has 1 aromatic carbocycles. The number of aromatic nitrogens is 1. The Morgan fingerprint density at radius 3 is 2.48 bits per heavy atom. The highest BCUT2D eigenvalue weighted by Crippen LogP contribution is 2.31. The maximum Gasteiger partial charge on any atom is 0.274 e. The molecule has 5 heteroatoms. The zero-order chi connectivity index (χ0) is 17.8. The van der Waals surface area contributed by atoms with Crippen LogP contribution in [0.1, 0.15) is 47.3 Å². The molecule has 1 aliphatic rings. The van der Waals surface area contributed by atoms with Crippen LogP contribution in [0, 0.1) is 13.8 Å². The largest absolute Gasteiger partial charge is 0.491 e. The van der Waals surface area contributed by atoms with E-state index in [1.165, 1.54) is 12.8 Å². The standard InChI is InChI=1S/C20H24N2O3/c1-13-7-6-8-14(2)19(13)22-20(23)16-11-17(18(24-3)12-21-16)25-15-9-4-5-10-15/h6-8,11-12,15H,4-5,9-10H2,1-3H3,(H,22,23). The van der Waals surface area contributed by atoms with Crippen LogP contribution >= 0.6 is 0 Å². The highest BCUT2D eigenvalue weighted by Gasteiger charge is 2.20. The van der Waals surface area contributed by atoms with Gasteiger partial charge in [-0.05, 0) is 50.7 Å². The third-order valence-corrected chi connectivity index (χ3v) is 4.60. The third-order valence-electron chi connectivity index (χ3n) is 4.60. The van der Waals surface area contributed by atoms with Gasteiger partial charge in [-0.1, -0.05) is 18.2 Å². The van der Waals surface area contributed by atoms with E-state index in [-0.39, 0.29) is 12.0 Å². The molecule has 1 heterocycles. The average Bonchev–Trinajstić information content (AvgIpc) is 3.11. The van der Waals surface area contributed by atoms with E-state index in [9.17, 15) is 4.79 Å². The number of amides is 1. The summed E-state index contributed by atoms with van der Waals surface area (Å²) in [5.74, 6) is 0.878. The number of ether oxygens (including phenoxy) is 2. The Hall–Kier alpha value is -2.56. The van der Waals surface area contributed by atoms with Crippen LogP contribution in [0.15, 0.2) is 30.5 Å². The average molecular weight is 340 g/mol. The van der Waals surface area contributed by atoms with E-state index in [0.29, 0.717) is 17.2 Å². The summed E-state index contributed by atoms with van der Waals surface area (Å²) < 4.78 is 11.4. The molecular formula is C20H24N2O3. The minimum absolute atomic E-state index is 0.186. The van der Waals surface area contributed by atoms with Crippen LogP contribution in [0.5, 0.6) is 11.5 Å². The van der Waals surface area contributed by atoms with Gasteiger partial charge in [-0.25, -0.2) is 4.98 Å². The van der Waals surface area contributed by atoms with E-state index in [4.69, 9.17) is 9.47 Å². The lowest BCUT2D eigenvalue weighted by atomic mass is 10.1. The van der Waals surface area contributed by atoms with E-state index in [1.54, 1.807) is 19.4 Å². The monoisotopic (exact) mass is 340 g/mol. The number of nitrogens with one attached hydrogen (secondary N) is 1. The second-order valence-corrected chi connectivity index (χ2v) is 6.47. The number of pyridine rings is 1. The van der Waals surface area contributed by atoms with E-state index < -0.39 is 0 Å². The fourth-order valence-electron chi connectivity index (χ4n) is 3.17. The Balaban J connectivity index is 1.82. The van der Waals surface area contributed by atoms with Gasteiger partial charge < -0.3 is 14.8 Å². The van der Waals surface area contributed by atoms with Crippen LogP contribution in [0.3, 0.4) is 0 Å².